The Bertz CT molecular complexity index is 365. The van der Waals surface area contributed by atoms with Gasteiger partial charge in [-0.05, 0) is 18.1 Å². The molecule has 0 aromatic heterocycles. The van der Waals surface area contributed by atoms with Crippen LogP contribution in [-0.2, 0) is 6.42 Å². The van der Waals surface area contributed by atoms with E-state index in [4.69, 9.17) is 6.42 Å². The fraction of sp³-hybridized carbons (Fsp3) is 0.385. The monoisotopic (exact) mass is 200 g/mol. The van der Waals surface area contributed by atoms with Crippen molar-refractivity contribution in [3.8, 4) is 12.3 Å². The Balaban J connectivity index is 1.88. The standard InChI is InChI=1S/C13H16N2/c1-2-8-14-9-11-15-10-7-12-5-3-4-6-13(12)15/h1,3-6,14H,7-11H2. The largest absolute Gasteiger partial charge is 0.370 e. The second kappa shape index (κ2) is 4.86. The third-order valence-corrected chi connectivity index (χ3v) is 2.77. The van der Waals surface area contributed by atoms with Crippen molar-refractivity contribution in [2.75, 3.05) is 31.1 Å². The highest BCUT2D eigenvalue weighted by Crippen LogP contribution is 2.26. The van der Waals surface area contributed by atoms with Gasteiger partial charge < -0.3 is 10.2 Å². The minimum Gasteiger partial charge on any atom is -0.370 e. The molecule has 0 atom stereocenters. The first-order valence-electron chi connectivity index (χ1n) is 5.39. The van der Waals surface area contributed by atoms with Gasteiger partial charge in [-0.3, -0.25) is 0 Å². The van der Waals surface area contributed by atoms with Gasteiger partial charge in [-0.25, -0.2) is 0 Å². The molecule has 0 aliphatic carbocycles. The Kier molecular flexibility index (Phi) is 3.26. The summed E-state index contributed by atoms with van der Waals surface area (Å²) in [4.78, 5) is 2.42. The van der Waals surface area contributed by atoms with E-state index in [1.807, 2.05) is 0 Å². The molecule has 0 saturated heterocycles. The van der Waals surface area contributed by atoms with Crippen molar-refractivity contribution in [2.24, 2.45) is 0 Å². The number of rotatable bonds is 4. The second-order valence-electron chi connectivity index (χ2n) is 3.75. The highest BCUT2D eigenvalue weighted by atomic mass is 15.2. The lowest BCUT2D eigenvalue weighted by molar-refractivity contribution is 0.716. The van der Waals surface area contributed by atoms with Gasteiger partial charge in [0, 0.05) is 25.3 Å². The van der Waals surface area contributed by atoms with E-state index < -0.39 is 0 Å². The van der Waals surface area contributed by atoms with Crippen LogP contribution in [0.3, 0.4) is 0 Å². The highest BCUT2D eigenvalue weighted by Gasteiger charge is 2.16. The van der Waals surface area contributed by atoms with Crippen LogP contribution in [0.4, 0.5) is 5.69 Å². The maximum atomic E-state index is 5.17. The Hall–Kier alpha value is -1.46. The molecule has 78 valence electrons. The summed E-state index contributed by atoms with van der Waals surface area (Å²) < 4.78 is 0. The summed E-state index contributed by atoms with van der Waals surface area (Å²) in [5.74, 6) is 2.58. The van der Waals surface area contributed by atoms with Crippen LogP contribution in [0.1, 0.15) is 5.56 Å². The zero-order valence-corrected chi connectivity index (χ0v) is 8.87. The normalized spacial score (nSPS) is 13.7. The molecule has 1 aromatic carbocycles. The number of nitrogens with one attached hydrogen (secondary N) is 1. The van der Waals surface area contributed by atoms with Gasteiger partial charge in [0.25, 0.3) is 0 Å². The summed E-state index contributed by atoms with van der Waals surface area (Å²) in [5.41, 5.74) is 2.86. The number of benzene rings is 1. The summed E-state index contributed by atoms with van der Waals surface area (Å²) in [6.45, 7) is 3.80. The number of nitrogens with zero attached hydrogens (tertiary/aromatic N) is 1. The van der Waals surface area contributed by atoms with Crippen LogP contribution in [0, 0.1) is 12.3 Å². The molecule has 2 heteroatoms. The molecule has 0 saturated carbocycles. The molecule has 1 heterocycles. The molecular formula is C13H16N2. The maximum Gasteiger partial charge on any atom is 0.0574 e. The van der Waals surface area contributed by atoms with Crippen LogP contribution in [0.15, 0.2) is 24.3 Å². The van der Waals surface area contributed by atoms with E-state index in [0.29, 0.717) is 6.54 Å². The third kappa shape index (κ3) is 2.31. The fourth-order valence-electron chi connectivity index (χ4n) is 2.01. The molecule has 15 heavy (non-hydrogen) atoms. The minimum atomic E-state index is 0.662. The molecule has 0 bridgehead atoms. The molecule has 0 spiro atoms. The van der Waals surface area contributed by atoms with Crippen LogP contribution in [0.25, 0.3) is 0 Å². The van der Waals surface area contributed by atoms with Gasteiger partial charge in [0.2, 0.25) is 0 Å². The summed E-state index contributed by atoms with van der Waals surface area (Å²) in [6, 6.07) is 8.62. The Morgan fingerprint density at radius 1 is 1.40 bits per heavy atom. The predicted molar refractivity (Wildman–Crippen MR) is 64.1 cm³/mol. The molecule has 1 aliphatic heterocycles. The summed E-state index contributed by atoms with van der Waals surface area (Å²) in [5, 5.41) is 3.21. The van der Waals surface area contributed by atoms with Crippen molar-refractivity contribution < 1.29 is 0 Å². The van der Waals surface area contributed by atoms with Crippen molar-refractivity contribution in [3.63, 3.8) is 0 Å². The molecule has 0 fully saturated rings. The summed E-state index contributed by atoms with van der Waals surface area (Å²) in [7, 11) is 0. The van der Waals surface area contributed by atoms with E-state index in [9.17, 15) is 0 Å². The van der Waals surface area contributed by atoms with Crippen molar-refractivity contribution in [1.82, 2.24) is 5.32 Å². The summed E-state index contributed by atoms with van der Waals surface area (Å²) >= 11 is 0. The van der Waals surface area contributed by atoms with E-state index in [1.54, 1.807) is 0 Å². The lowest BCUT2D eigenvalue weighted by Crippen LogP contribution is -2.30. The molecular weight excluding hydrogens is 184 g/mol. The van der Waals surface area contributed by atoms with E-state index in [0.717, 1.165) is 19.6 Å². The van der Waals surface area contributed by atoms with Crippen molar-refractivity contribution in [1.29, 1.82) is 0 Å². The van der Waals surface area contributed by atoms with Crippen molar-refractivity contribution in [2.45, 2.75) is 6.42 Å². The molecule has 1 aliphatic rings. The van der Waals surface area contributed by atoms with Crippen LogP contribution >= 0.6 is 0 Å². The number of para-hydroxylation sites is 1. The number of hydrogen-bond donors (Lipinski definition) is 1. The minimum absolute atomic E-state index is 0.662. The number of fused-ring (bicyclic) bond motifs is 1. The van der Waals surface area contributed by atoms with Gasteiger partial charge >= 0.3 is 0 Å². The smallest absolute Gasteiger partial charge is 0.0574 e. The van der Waals surface area contributed by atoms with Gasteiger partial charge in [-0.15, -0.1) is 6.42 Å². The van der Waals surface area contributed by atoms with E-state index in [2.05, 4.69) is 40.4 Å². The van der Waals surface area contributed by atoms with Crippen LogP contribution in [0.5, 0.6) is 0 Å². The molecule has 1 aromatic rings. The summed E-state index contributed by atoms with van der Waals surface area (Å²) in [6.07, 6.45) is 6.35. The number of terminal acetylenes is 1. The second-order valence-corrected chi connectivity index (χ2v) is 3.75. The number of anilines is 1. The van der Waals surface area contributed by atoms with Crippen LogP contribution < -0.4 is 10.2 Å². The van der Waals surface area contributed by atoms with Gasteiger partial charge in [0.15, 0.2) is 0 Å². The quantitative estimate of drug-likeness (QED) is 0.581. The van der Waals surface area contributed by atoms with E-state index in [-0.39, 0.29) is 0 Å². The SMILES string of the molecule is C#CCNCCN1CCc2ccccc21. The highest BCUT2D eigenvalue weighted by molar-refractivity contribution is 5.57. The molecule has 0 unspecified atom stereocenters. The van der Waals surface area contributed by atoms with Crippen molar-refractivity contribution in [3.05, 3.63) is 29.8 Å². The van der Waals surface area contributed by atoms with Gasteiger partial charge in [0.05, 0.1) is 6.54 Å². The predicted octanol–water partition coefficient (Wildman–Crippen LogP) is 1.27. The van der Waals surface area contributed by atoms with Crippen molar-refractivity contribution >= 4 is 5.69 Å². The van der Waals surface area contributed by atoms with Gasteiger partial charge in [-0.2, -0.15) is 0 Å². The average molecular weight is 200 g/mol. The lowest BCUT2D eigenvalue weighted by atomic mass is 10.2. The Morgan fingerprint density at radius 2 is 2.27 bits per heavy atom. The molecule has 2 nitrogen and oxygen atoms in total. The zero-order chi connectivity index (χ0) is 10.5. The third-order valence-electron chi connectivity index (χ3n) is 2.77. The topological polar surface area (TPSA) is 15.3 Å². The van der Waals surface area contributed by atoms with E-state index in [1.165, 1.54) is 17.7 Å². The molecule has 0 radical (unpaired) electrons. The first kappa shape index (κ1) is 10.1. The first-order valence-corrected chi connectivity index (χ1v) is 5.39. The lowest BCUT2D eigenvalue weighted by Gasteiger charge is -2.19. The first-order chi connectivity index (χ1) is 7.42. The van der Waals surface area contributed by atoms with Gasteiger partial charge in [0.1, 0.15) is 0 Å². The fourth-order valence-corrected chi connectivity index (χ4v) is 2.01. The number of hydrogen-bond acceptors (Lipinski definition) is 2. The van der Waals surface area contributed by atoms with Crippen LogP contribution in [0.2, 0.25) is 0 Å². The maximum absolute atomic E-state index is 5.17. The zero-order valence-electron chi connectivity index (χ0n) is 8.87. The van der Waals surface area contributed by atoms with Crippen LogP contribution in [-0.4, -0.2) is 26.2 Å². The molecule has 1 N–H and O–H groups in total. The molecule has 2 rings (SSSR count). The van der Waals surface area contributed by atoms with Gasteiger partial charge in [-0.1, -0.05) is 24.1 Å². The Morgan fingerprint density at radius 3 is 3.13 bits per heavy atom. The Labute approximate surface area is 91.3 Å². The molecule has 0 amide bonds. The van der Waals surface area contributed by atoms with E-state index >= 15 is 0 Å². The average Bonchev–Trinajstić information content (AvgIpc) is 2.68.